The normalized spacial score (nSPS) is 15.7. The number of amides is 1. The Balaban J connectivity index is 1.62. The molecule has 0 aliphatic carbocycles. The predicted octanol–water partition coefficient (Wildman–Crippen LogP) is 2.51. The summed E-state index contributed by atoms with van der Waals surface area (Å²) in [6, 6.07) is 6.54. The van der Waals surface area contributed by atoms with Crippen LogP contribution in [-0.4, -0.2) is 49.5 Å². The summed E-state index contributed by atoms with van der Waals surface area (Å²) in [6.45, 7) is 5.61. The smallest absolute Gasteiger partial charge is 0.338 e. The number of aromatic nitrogens is 1. The molecule has 0 atom stereocenters. The number of esters is 1. The minimum Gasteiger partial charge on any atom is -0.462 e. The van der Waals surface area contributed by atoms with Crippen molar-refractivity contribution in [3.8, 4) is 0 Å². The molecule has 1 aliphatic heterocycles. The van der Waals surface area contributed by atoms with Gasteiger partial charge in [-0.2, -0.15) is 4.31 Å². The SMILES string of the molecule is CCOC(=O)c1cccc(NC(=O)C2CCN(S(=O)(=O)c3c(C)noc3C)CC2)c1. The van der Waals surface area contributed by atoms with Crippen molar-refractivity contribution in [2.75, 3.05) is 25.0 Å². The number of rotatable bonds is 6. The number of ether oxygens (including phenoxy) is 1. The lowest BCUT2D eigenvalue weighted by molar-refractivity contribution is -0.120. The molecule has 1 saturated heterocycles. The van der Waals surface area contributed by atoms with Gasteiger partial charge in [0, 0.05) is 24.7 Å². The zero-order valence-corrected chi connectivity index (χ0v) is 18.0. The third-order valence-corrected chi connectivity index (χ3v) is 7.18. The number of aryl methyl sites for hydroxylation is 2. The molecule has 0 radical (unpaired) electrons. The molecule has 30 heavy (non-hydrogen) atoms. The standard InChI is InChI=1S/C20H25N3O6S/c1-4-28-20(25)16-6-5-7-17(12-16)21-19(24)15-8-10-23(11-9-15)30(26,27)18-13(2)22-29-14(18)3/h5-7,12,15H,4,8-11H2,1-3H3,(H,21,24). The fourth-order valence-electron chi connectivity index (χ4n) is 3.51. The van der Waals surface area contributed by atoms with Gasteiger partial charge in [-0.05, 0) is 51.8 Å². The summed E-state index contributed by atoms with van der Waals surface area (Å²) in [7, 11) is -3.71. The molecule has 10 heteroatoms. The number of carbonyl (C=O) groups excluding carboxylic acids is 2. The first-order chi connectivity index (χ1) is 14.2. The number of anilines is 1. The highest BCUT2D eigenvalue weighted by molar-refractivity contribution is 7.89. The van der Waals surface area contributed by atoms with Crippen molar-refractivity contribution in [3.05, 3.63) is 41.3 Å². The summed E-state index contributed by atoms with van der Waals surface area (Å²) in [6.07, 6.45) is 0.790. The molecule has 0 spiro atoms. The van der Waals surface area contributed by atoms with Gasteiger partial charge in [0.1, 0.15) is 10.6 Å². The van der Waals surface area contributed by atoms with E-state index in [4.69, 9.17) is 9.26 Å². The second-order valence-electron chi connectivity index (χ2n) is 7.12. The van der Waals surface area contributed by atoms with Crippen LogP contribution in [0.15, 0.2) is 33.7 Å². The second kappa shape index (κ2) is 8.97. The summed E-state index contributed by atoms with van der Waals surface area (Å²) >= 11 is 0. The van der Waals surface area contributed by atoms with E-state index in [1.54, 1.807) is 45.0 Å². The minimum atomic E-state index is -3.71. The number of carbonyl (C=O) groups is 2. The van der Waals surface area contributed by atoms with Gasteiger partial charge in [-0.25, -0.2) is 13.2 Å². The van der Waals surface area contributed by atoms with Crippen LogP contribution >= 0.6 is 0 Å². The molecular weight excluding hydrogens is 410 g/mol. The Labute approximate surface area is 175 Å². The lowest BCUT2D eigenvalue weighted by Crippen LogP contribution is -2.41. The minimum absolute atomic E-state index is 0.0983. The van der Waals surface area contributed by atoms with Crippen LogP contribution in [0.5, 0.6) is 0 Å². The van der Waals surface area contributed by atoms with Crippen molar-refractivity contribution in [1.82, 2.24) is 9.46 Å². The van der Waals surface area contributed by atoms with Gasteiger partial charge < -0.3 is 14.6 Å². The number of piperidine rings is 1. The molecule has 0 bridgehead atoms. The largest absolute Gasteiger partial charge is 0.462 e. The molecule has 0 unspecified atom stereocenters. The molecule has 2 aromatic rings. The molecule has 3 rings (SSSR count). The van der Waals surface area contributed by atoms with Gasteiger partial charge in [0.05, 0.1) is 12.2 Å². The van der Waals surface area contributed by atoms with Crippen molar-refractivity contribution >= 4 is 27.6 Å². The number of nitrogens with zero attached hydrogens (tertiary/aromatic N) is 2. The maximum absolute atomic E-state index is 12.9. The molecule has 2 heterocycles. The first-order valence-electron chi connectivity index (χ1n) is 9.75. The van der Waals surface area contributed by atoms with Crippen LogP contribution in [0.25, 0.3) is 0 Å². The van der Waals surface area contributed by atoms with Crippen LogP contribution in [0.1, 0.15) is 41.6 Å². The Morgan fingerprint density at radius 1 is 1.27 bits per heavy atom. The Morgan fingerprint density at radius 3 is 2.57 bits per heavy atom. The van der Waals surface area contributed by atoms with E-state index in [0.29, 0.717) is 29.8 Å². The third kappa shape index (κ3) is 4.54. The lowest BCUT2D eigenvalue weighted by atomic mass is 9.97. The van der Waals surface area contributed by atoms with Crippen LogP contribution in [0.3, 0.4) is 0 Å². The Morgan fingerprint density at radius 2 is 1.97 bits per heavy atom. The fraction of sp³-hybridized carbons (Fsp3) is 0.450. The van der Waals surface area contributed by atoms with Gasteiger partial charge in [0.25, 0.3) is 0 Å². The number of hydrogen-bond acceptors (Lipinski definition) is 7. The van der Waals surface area contributed by atoms with E-state index in [-0.39, 0.29) is 42.2 Å². The van der Waals surface area contributed by atoms with Gasteiger partial charge >= 0.3 is 5.97 Å². The second-order valence-corrected chi connectivity index (χ2v) is 9.00. The van der Waals surface area contributed by atoms with Gasteiger partial charge in [-0.15, -0.1) is 0 Å². The van der Waals surface area contributed by atoms with Crippen molar-refractivity contribution in [1.29, 1.82) is 0 Å². The predicted molar refractivity (Wildman–Crippen MR) is 108 cm³/mol. The topological polar surface area (TPSA) is 119 Å². The zero-order valence-electron chi connectivity index (χ0n) is 17.2. The molecule has 1 fully saturated rings. The van der Waals surface area contributed by atoms with Gasteiger partial charge in [-0.3, -0.25) is 4.79 Å². The zero-order chi connectivity index (χ0) is 21.9. The monoisotopic (exact) mass is 435 g/mol. The Bertz CT molecular complexity index is 1020. The molecule has 1 aromatic carbocycles. The first kappa shape index (κ1) is 22.0. The maximum atomic E-state index is 12.9. The quantitative estimate of drug-likeness (QED) is 0.693. The molecular formula is C20H25N3O6S. The molecule has 0 saturated carbocycles. The van der Waals surface area contributed by atoms with E-state index in [1.807, 2.05) is 0 Å². The molecule has 9 nitrogen and oxygen atoms in total. The van der Waals surface area contributed by atoms with Crippen LogP contribution < -0.4 is 5.32 Å². The molecule has 1 aromatic heterocycles. The van der Waals surface area contributed by atoms with Crippen molar-refractivity contribution in [3.63, 3.8) is 0 Å². The van der Waals surface area contributed by atoms with Crippen LogP contribution in [0.4, 0.5) is 5.69 Å². The van der Waals surface area contributed by atoms with Crippen molar-refractivity contribution in [2.24, 2.45) is 5.92 Å². The van der Waals surface area contributed by atoms with E-state index in [1.165, 1.54) is 4.31 Å². The van der Waals surface area contributed by atoms with E-state index in [9.17, 15) is 18.0 Å². The highest BCUT2D eigenvalue weighted by Crippen LogP contribution is 2.28. The maximum Gasteiger partial charge on any atom is 0.338 e. The van der Waals surface area contributed by atoms with Crippen molar-refractivity contribution in [2.45, 2.75) is 38.5 Å². The van der Waals surface area contributed by atoms with Crippen LogP contribution in [-0.2, 0) is 19.6 Å². The summed E-state index contributed by atoms with van der Waals surface area (Å²) < 4.78 is 37.1. The highest BCUT2D eigenvalue weighted by atomic mass is 32.2. The number of hydrogen-bond donors (Lipinski definition) is 1. The van der Waals surface area contributed by atoms with Gasteiger partial charge in [-0.1, -0.05) is 11.2 Å². The molecule has 1 aliphatic rings. The summed E-state index contributed by atoms with van der Waals surface area (Å²) in [5.74, 6) is -0.724. The van der Waals surface area contributed by atoms with Gasteiger partial charge in [0.2, 0.25) is 15.9 Å². The van der Waals surface area contributed by atoms with E-state index < -0.39 is 16.0 Å². The summed E-state index contributed by atoms with van der Waals surface area (Å²) in [5.41, 5.74) is 1.18. The Hall–Kier alpha value is -2.72. The summed E-state index contributed by atoms with van der Waals surface area (Å²) in [5, 5.41) is 6.53. The molecule has 1 amide bonds. The lowest BCUT2D eigenvalue weighted by Gasteiger charge is -2.30. The average molecular weight is 436 g/mol. The van der Waals surface area contributed by atoms with Crippen LogP contribution in [0, 0.1) is 19.8 Å². The fourth-order valence-corrected chi connectivity index (χ4v) is 5.27. The van der Waals surface area contributed by atoms with E-state index in [2.05, 4.69) is 10.5 Å². The van der Waals surface area contributed by atoms with Crippen molar-refractivity contribution < 1.29 is 27.3 Å². The average Bonchev–Trinajstić information content (AvgIpc) is 3.07. The van der Waals surface area contributed by atoms with E-state index >= 15 is 0 Å². The van der Waals surface area contributed by atoms with Crippen LogP contribution in [0.2, 0.25) is 0 Å². The highest BCUT2D eigenvalue weighted by Gasteiger charge is 2.35. The number of benzene rings is 1. The Kier molecular flexibility index (Phi) is 6.57. The number of sulfonamides is 1. The van der Waals surface area contributed by atoms with E-state index in [0.717, 1.165) is 0 Å². The number of nitrogens with one attached hydrogen (secondary N) is 1. The molecule has 162 valence electrons. The first-order valence-corrected chi connectivity index (χ1v) is 11.2. The molecule has 1 N–H and O–H groups in total. The third-order valence-electron chi connectivity index (χ3n) is 5.03. The summed E-state index contributed by atoms with van der Waals surface area (Å²) in [4.78, 5) is 24.6. The van der Waals surface area contributed by atoms with Gasteiger partial charge in [0.15, 0.2) is 5.76 Å².